The van der Waals surface area contributed by atoms with Crippen LogP contribution in [0.1, 0.15) is 20.3 Å². The van der Waals surface area contributed by atoms with Crippen molar-refractivity contribution >= 4 is 38.6 Å². The second kappa shape index (κ2) is 7.15. The number of anilines is 1. The summed E-state index contributed by atoms with van der Waals surface area (Å²) >= 11 is 1.08. The summed E-state index contributed by atoms with van der Waals surface area (Å²) in [6.07, 6.45) is 0.827. The Bertz CT molecular complexity index is 686. The van der Waals surface area contributed by atoms with Crippen LogP contribution in [0.3, 0.4) is 0 Å². The van der Waals surface area contributed by atoms with Gasteiger partial charge in [-0.2, -0.15) is 8.42 Å². The number of ether oxygens (including phenoxy) is 1. The summed E-state index contributed by atoms with van der Waals surface area (Å²) in [6.45, 7) is 4.65. The van der Waals surface area contributed by atoms with Gasteiger partial charge in [-0.15, -0.1) is 4.40 Å². The van der Waals surface area contributed by atoms with E-state index in [1.165, 1.54) is 0 Å². The van der Waals surface area contributed by atoms with Gasteiger partial charge in [0, 0.05) is 6.54 Å². The molecular weight excluding hydrogens is 324 g/mol. The van der Waals surface area contributed by atoms with Gasteiger partial charge in [-0.1, -0.05) is 30.8 Å². The van der Waals surface area contributed by atoms with Crippen LogP contribution in [0, 0.1) is 0 Å². The van der Waals surface area contributed by atoms with E-state index in [0.29, 0.717) is 24.0 Å². The van der Waals surface area contributed by atoms with Crippen LogP contribution in [0.5, 0.6) is 0 Å². The number of fused-ring (bicyclic) bond motifs is 1. The third-order valence-corrected chi connectivity index (χ3v) is 5.31. The van der Waals surface area contributed by atoms with Crippen molar-refractivity contribution in [1.29, 1.82) is 0 Å². The standard InChI is InChI=1S/C14H18N2O4S2/c1-3-9-16-11-7-5-6-8-12(11)22(18,19)15-14(16)21-10-13(17)20-4-2/h5-8H,3-4,9-10H2,1-2H3. The average Bonchev–Trinajstić information content (AvgIpc) is 2.49. The largest absolute Gasteiger partial charge is 0.465 e. The van der Waals surface area contributed by atoms with Crippen molar-refractivity contribution < 1.29 is 17.9 Å². The number of esters is 1. The van der Waals surface area contributed by atoms with Gasteiger partial charge in [0.25, 0.3) is 10.0 Å². The van der Waals surface area contributed by atoms with Crippen LogP contribution < -0.4 is 4.90 Å². The van der Waals surface area contributed by atoms with Gasteiger partial charge in [-0.25, -0.2) is 0 Å². The number of para-hydroxylation sites is 1. The van der Waals surface area contributed by atoms with E-state index in [4.69, 9.17) is 4.74 Å². The van der Waals surface area contributed by atoms with Crippen LogP contribution in [-0.2, 0) is 19.6 Å². The van der Waals surface area contributed by atoms with Gasteiger partial charge in [0.15, 0.2) is 5.17 Å². The molecule has 0 saturated heterocycles. The van der Waals surface area contributed by atoms with Crippen molar-refractivity contribution in [3.8, 4) is 0 Å². The van der Waals surface area contributed by atoms with Crippen molar-refractivity contribution in [2.24, 2.45) is 4.40 Å². The lowest BCUT2D eigenvalue weighted by atomic mass is 10.3. The number of rotatable bonds is 5. The fourth-order valence-corrected chi connectivity index (χ4v) is 4.35. The maximum atomic E-state index is 12.3. The molecule has 0 amide bonds. The SMILES string of the molecule is CCCN1C(SCC(=O)OCC)=NS(=O)(=O)c2ccccc21. The first kappa shape index (κ1) is 16.8. The van der Waals surface area contributed by atoms with E-state index < -0.39 is 10.0 Å². The summed E-state index contributed by atoms with van der Waals surface area (Å²) < 4.78 is 33.2. The normalized spacial score (nSPS) is 15.9. The Balaban J connectivity index is 2.32. The molecule has 0 aliphatic carbocycles. The van der Waals surface area contributed by atoms with E-state index >= 15 is 0 Å². The molecule has 120 valence electrons. The fourth-order valence-electron chi connectivity index (χ4n) is 2.07. The predicted octanol–water partition coefficient (Wildman–Crippen LogP) is 2.26. The van der Waals surface area contributed by atoms with Crippen molar-refractivity contribution in [3.63, 3.8) is 0 Å². The minimum atomic E-state index is -3.73. The van der Waals surface area contributed by atoms with E-state index in [1.807, 2.05) is 11.8 Å². The highest BCUT2D eigenvalue weighted by molar-refractivity contribution is 8.15. The van der Waals surface area contributed by atoms with Gasteiger partial charge in [0.1, 0.15) is 4.90 Å². The monoisotopic (exact) mass is 342 g/mol. The van der Waals surface area contributed by atoms with Crippen LogP contribution >= 0.6 is 11.8 Å². The Morgan fingerprint density at radius 2 is 2.05 bits per heavy atom. The molecule has 0 aromatic heterocycles. The Kier molecular flexibility index (Phi) is 5.47. The molecule has 1 aliphatic rings. The molecule has 0 unspecified atom stereocenters. The third-order valence-electron chi connectivity index (χ3n) is 2.93. The molecule has 1 aliphatic heterocycles. The molecule has 8 heteroatoms. The van der Waals surface area contributed by atoms with Crippen LogP contribution in [0.2, 0.25) is 0 Å². The molecule has 0 radical (unpaired) electrons. The van der Waals surface area contributed by atoms with Crippen LogP contribution in [0.15, 0.2) is 33.6 Å². The first-order chi connectivity index (χ1) is 10.5. The molecule has 0 saturated carbocycles. The van der Waals surface area contributed by atoms with Crippen molar-refractivity contribution in [3.05, 3.63) is 24.3 Å². The molecule has 0 N–H and O–H groups in total. The summed E-state index contributed by atoms with van der Waals surface area (Å²) in [5.41, 5.74) is 0.603. The van der Waals surface area contributed by atoms with Crippen molar-refractivity contribution in [2.75, 3.05) is 23.8 Å². The molecule has 1 heterocycles. The van der Waals surface area contributed by atoms with E-state index in [-0.39, 0.29) is 16.6 Å². The van der Waals surface area contributed by atoms with Crippen molar-refractivity contribution in [1.82, 2.24) is 0 Å². The number of hydrogen-bond donors (Lipinski definition) is 0. The topological polar surface area (TPSA) is 76.0 Å². The van der Waals surface area contributed by atoms with Gasteiger partial charge in [-0.05, 0) is 25.5 Å². The highest BCUT2D eigenvalue weighted by Crippen LogP contribution is 2.34. The minimum Gasteiger partial charge on any atom is -0.465 e. The lowest BCUT2D eigenvalue weighted by molar-refractivity contribution is -0.139. The minimum absolute atomic E-state index is 0.0323. The zero-order chi connectivity index (χ0) is 16.2. The molecule has 0 spiro atoms. The molecule has 0 atom stereocenters. The van der Waals surface area contributed by atoms with Gasteiger partial charge in [-0.3, -0.25) is 4.79 Å². The van der Waals surface area contributed by atoms with Crippen LogP contribution in [-0.4, -0.2) is 38.5 Å². The lowest BCUT2D eigenvalue weighted by Gasteiger charge is -2.29. The number of benzene rings is 1. The number of sulfonamides is 1. The van der Waals surface area contributed by atoms with Crippen LogP contribution in [0.4, 0.5) is 5.69 Å². The molecule has 6 nitrogen and oxygen atoms in total. The fraction of sp³-hybridized carbons (Fsp3) is 0.429. The quantitative estimate of drug-likeness (QED) is 0.764. The van der Waals surface area contributed by atoms with E-state index in [1.54, 1.807) is 31.2 Å². The second-order valence-corrected chi connectivity index (χ2v) is 7.08. The molecule has 0 bridgehead atoms. The average molecular weight is 342 g/mol. The summed E-state index contributed by atoms with van der Waals surface area (Å²) in [4.78, 5) is 13.5. The summed E-state index contributed by atoms with van der Waals surface area (Å²) in [6, 6.07) is 6.76. The van der Waals surface area contributed by atoms with E-state index in [9.17, 15) is 13.2 Å². The van der Waals surface area contributed by atoms with E-state index in [0.717, 1.165) is 18.2 Å². The predicted molar refractivity (Wildman–Crippen MR) is 87.8 cm³/mol. The zero-order valence-corrected chi connectivity index (χ0v) is 14.1. The Labute approximate surface area is 134 Å². The highest BCUT2D eigenvalue weighted by atomic mass is 32.2. The Hall–Kier alpha value is -1.54. The first-order valence-electron chi connectivity index (χ1n) is 6.99. The molecular formula is C14H18N2O4S2. The van der Waals surface area contributed by atoms with Gasteiger partial charge >= 0.3 is 5.97 Å². The van der Waals surface area contributed by atoms with Gasteiger partial charge in [0.2, 0.25) is 0 Å². The first-order valence-corrected chi connectivity index (χ1v) is 9.42. The Morgan fingerprint density at radius 1 is 1.32 bits per heavy atom. The molecule has 22 heavy (non-hydrogen) atoms. The molecule has 0 fully saturated rings. The molecule has 1 aromatic carbocycles. The highest BCUT2D eigenvalue weighted by Gasteiger charge is 2.30. The third kappa shape index (κ3) is 3.61. The summed E-state index contributed by atoms with van der Waals surface area (Å²) in [7, 11) is -3.73. The second-order valence-electron chi connectivity index (χ2n) is 4.56. The van der Waals surface area contributed by atoms with E-state index in [2.05, 4.69) is 4.40 Å². The summed E-state index contributed by atoms with van der Waals surface area (Å²) in [5, 5.41) is 0.314. The lowest BCUT2D eigenvalue weighted by Crippen LogP contribution is -2.35. The number of hydrogen-bond acceptors (Lipinski definition) is 6. The maximum Gasteiger partial charge on any atom is 0.316 e. The van der Waals surface area contributed by atoms with Gasteiger partial charge < -0.3 is 9.64 Å². The number of carbonyl (C=O) groups excluding carboxylic acids is 1. The number of amidine groups is 1. The maximum absolute atomic E-state index is 12.3. The summed E-state index contributed by atoms with van der Waals surface area (Å²) in [5.74, 6) is -0.354. The molecule has 1 aromatic rings. The van der Waals surface area contributed by atoms with Crippen molar-refractivity contribution in [2.45, 2.75) is 25.2 Å². The van der Waals surface area contributed by atoms with Gasteiger partial charge in [0.05, 0.1) is 18.0 Å². The Morgan fingerprint density at radius 3 is 2.73 bits per heavy atom. The number of carbonyl (C=O) groups is 1. The smallest absolute Gasteiger partial charge is 0.316 e. The zero-order valence-electron chi connectivity index (χ0n) is 12.5. The van der Waals surface area contributed by atoms with Crippen LogP contribution in [0.25, 0.3) is 0 Å². The number of nitrogens with zero attached hydrogens (tertiary/aromatic N) is 2. The number of thioether (sulfide) groups is 1. The molecule has 2 rings (SSSR count).